The smallest absolute Gasteiger partial charge is 0.463 e. The highest BCUT2D eigenvalue weighted by Gasteiger charge is 2.29. The summed E-state index contributed by atoms with van der Waals surface area (Å²) in [6.07, 6.45) is 99.3. The average Bonchev–Trinajstić information content (AvgIpc) is 0.908. The Labute approximate surface area is 652 Å². The lowest BCUT2D eigenvalue weighted by molar-refractivity contribution is -0.161. The third-order valence-corrected chi connectivity index (χ3v) is 19.7. The molecular weight excluding hydrogens is 1390 g/mol. The fraction of sp³-hybridized carbons (Fsp3) is 0.719. The molecule has 0 radical (unpaired) electrons. The van der Waals surface area contributed by atoms with Crippen molar-refractivity contribution < 1.29 is 75.8 Å². The number of hydrogen-bond acceptors (Lipinski definition) is 14. The number of phosphoric acid groups is 2. The molecule has 107 heavy (non-hydrogen) atoms. The number of carbonyl (C=O) groups is 3. The van der Waals surface area contributed by atoms with Crippen LogP contribution < -0.4 is 0 Å². The zero-order chi connectivity index (χ0) is 78.0. The predicted molar refractivity (Wildman–Crippen MR) is 445 cm³/mol. The van der Waals surface area contributed by atoms with E-state index >= 15 is 0 Å². The number of aliphatic hydroxyl groups is 2. The van der Waals surface area contributed by atoms with E-state index in [-0.39, 0.29) is 19.3 Å². The molecule has 4 N–H and O–H groups in total. The first-order chi connectivity index (χ1) is 52.2. The minimum atomic E-state index is -4.94. The number of allylic oxidation sites excluding steroid dienone is 22. The summed E-state index contributed by atoms with van der Waals surface area (Å²) < 4.78 is 61.2. The minimum Gasteiger partial charge on any atom is -0.463 e. The molecule has 18 heteroatoms. The van der Waals surface area contributed by atoms with Crippen LogP contribution in [-0.2, 0) is 55.8 Å². The summed E-state index contributed by atoms with van der Waals surface area (Å²) in [6, 6.07) is 0. The van der Waals surface area contributed by atoms with Crippen LogP contribution >= 0.6 is 15.6 Å². The molecule has 0 amide bonds. The van der Waals surface area contributed by atoms with E-state index < -0.39 is 91.5 Å². The zero-order valence-corrected chi connectivity index (χ0v) is 69.3. The Morgan fingerprint density at radius 1 is 0.271 bits per heavy atom. The third kappa shape index (κ3) is 82.5. The van der Waals surface area contributed by atoms with Crippen LogP contribution in [0.3, 0.4) is 0 Å². The van der Waals surface area contributed by atoms with Gasteiger partial charge in [-0.25, -0.2) is 9.13 Å². The van der Waals surface area contributed by atoms with Gasteiger partial charge in [-0.3, -0.25) is 32.5 Å². The number of phosphoric ester groups is 2. The van der Waals surface area contributed by atoms with Crippen molar-refractivity contribution in [3.63, 3.8) is 0 Å². The standard InChI is InChI=1S/C89H154O16P2/c1-4-7-10-13-16-19-22-25-28-30-32-34-36-37-38-39-40-41-42-43-44-45-47-49-50-52-55-57-60-63-66-69-72-75-87(92)99-78-84(90)79-101-106(95,96)102-80-85(91)81-103-107(97,98)104-83-86(105-89(94)77-74-71-68-65-62-59-54-27-24-21-18-15-12-9-6-3)82-100-88(93)76-73-70-67-64-61-58-56-53-51-48-46-35-33-31-29-26-23-20-17-14-11-8-5-2/h7,10,16-17,19-20,25-29,32-35,37-38,40-41,48,51,54,84-86,90-91H,4-6,8-9,11-15,18,21-24,30-31,36,39,42-47,49-50,52-53,55-83H2,1-3H3,(H,95,96)(H,97,98)/b10-7-,19-16-,20-17-,28-25-,29-26-,34-32-,35-33-,38-37-,41-40-,51-48-,54-27-. The normalized spacial score (nSPS) is 14.6. The van der Waals surface area contributed by atoms with Crippen molar-refractivity contribution in [3.05, 3.63) is 134 Å². The highest BCUT2D eigenvalue weighted by molar-refractivity contribution is 7.47. The lowest BCUT2D eigenvalue weighted by atomic mass is 10.0. The summed E-state index contributed by atoms with van der Waals surface area (Å²) in [5.74, 6) is -1.59. The highest BCUT2D eigenvalue weighted by Crippen LogP contribution is 2.45. The van der Waals surface area contributed by atoms with Crippen LogP contribution in [0.4, 0.5) is 0 Å². The van der Waals surface area contributed by atoms with E-state index in [0.29, 0.717) is 19.3 Å². The van der Waals surface area contributed by atoms with Crippen molar-refractivity contribution in [1.82, 2.24) is 0 Å². The molecule has 0 aromatic rings. The number of hydrogen-bond donors (Lipinski definition) is 4. The van der Waals surface area contributed by atoms with Gasteiger partial charge < -0.3 is 34.2 Å². The molecule has 0 fully saturated rings. The maximum atomic E-state index is 13.0. The molecule has 0 bridgehead atoms. The van der Waals surface area contributed by atoms with Crippen LogP contribution in [0.15, 0.2) is 134 Å². The Kier molecular flexibility index (Phi) is 77.9. The maximum Gasteiger partial charge on any atom is 0.472 e. The summed E-state index contributed by atoms with van der Waals surface area (Å²) >= 11 is 0. The number of aliphatic hydroxyl groups excluding tert-OH is 2. The average molecular weight is 1540 g/mol. The first kappa shape index (κ1) is 103. The molecule has 0 aromatic heterocycles. The summed E-state index contributed by atoms with van der Waals surface area (Å²) in [4.78, 5) is 58.8. The third-order valence-electron chi connectivity index (χ3n) is 17.8. The Balaban J connectivity index is 4.48. The molecule has 0 saturated heterocycles. The number of unbranched alkanes of at least 4 members (excludes halogenated alkanes) is 35. The van der Waals surface area contributed by atoms with Crippen LogP contribution in [0.25, 0.3) is 0 Å². The molecule has 5 unspecified atom stereocenters. The van der Waals surface area contributed by atoms with Crippen LogP contribution in [0, 0.1) is 0 Å². The zero-order valence-electron chi connectivity index (χ0n) is 67.5. The van der Waals surface area contributed by atoms with Gasteiger partial charge in [0.15, 0.2) is 6.10 Å². The van der Waals surface area contributed by atoms with E-state index in [2.05, 4.69) is 154 Å². The minimum absolute atomic E-state index is 0.0913. The van der Waals surface area contributed by atoms with Gasteiger partial charge in [-0.2, -0.15) is 0 Å². The summed E-state index contributed by atoms with van der Waals surface area (Å²) in [5, 5.41) is 20.7. The van der Waals surface area contributed by atoms with Crippen molar-refractivity contribution in [3.8, 4) is 0 Å². The van der Waals surface area contributed by atoms with Crippen molar-refractivity contribution >= 4 is 33.6 Å². The molecule has 16 nitrogen and oxygen atoms in total. The van der Waals surface area contributed by atoms with Gasteiger partial charge in [0.1, 0.15) is 25.4 Å². The summed E-state index contributed by atoms with van der Waals surface area (Å²) in [6.45, 7) is 2.54. The monoisotopic (exact) mass is 1540 g/mol. The van der Waals surface area contributed by atoms with E-state index in [9.17, 15) is 43.5 Å². The molecule has 5 atom stereocenters. The van der Waals surface area contributed by atoms with Gasteiger partial charge in [0, 0.05) is 19.3 Å². The van der Waals surface area contributed by atoms with Crippen LogP contribution in [-0.4, -0.2) is 95.9 Å². The van der Waals surface area contributed by atoms with Gasteiger partial charge in [-0.15, -0.1) is 0 Å². The maximum absolute atomic E-state index is 13.0. The molecule has 0 aromatic carbocycles. The molecule has 0 saturated carbocycles. The largest absolute Gasteiger partial charge is 0.472 e. The molecular formula is C89H154O16P2. The quantitative estimate of drug-likeness (QED) is 0.0146. The van der Waals surface area contributed by atoms with Gasteiger partial charge in [0.2, 0.25) is 0 Å². The second kappa shape index (κ2) is 81.2. The van der Waals surface area contributed by atoms with E-state index in [0.717, 1.165) is 167 Å². The molecule has 616 valence electrons. The first-order valence-electron chi connectivity index (χ1n) is 42.5. The number of rotatable bonds is 80. The van der Waals surface area contributed by atoms with Crippen LogP contribution in [0.2, 0.25) is 0 Å². The van der Waals surface area contributed by atoms with E-state index in [4.69, 9.17) is 32.3 Å². The molecule has 0 spiro atoms. The lowest BCUT2D eigenvalue weighted by Crippen LogP contribution is -2.30. The van der Waals surface area contributed by atoms with Crippen molar-refractivity contribution in [2.75, 3.05) is 39.6 Å². The molecule has 0 heterocycles. The summed E-state index contributed by atoms with van der Waals surface area (Å²) in [7, 11) is -9.80. The molecule has 0 rings (SSSR count). The van der Waals surface area contributed by atoms with Crippen molar-refractivity contribution in [2.45, 2.75) is 373 Å². The highest BCUT2D eigenvalue weighted by atomic mass is 31.2. The summed E-state index contributed by atoms with van der Waals surface area (Å²) in [5.41, 5.74) is 0. The topological polar surface area (TPSA) is 231 Å². The Morgan fingerprint density at radius 3 is 0.813 bits per heavy atom. The van der Waals surface area contributed by atoms with Gasteiger partial charge in [-0.05, 0) is 141 Å². The Bertz CT molecular complexity index is 2480. The lowest BCUT2D eigenvalue weighted by Gasteiger charge is -2.21. The molecule has 0 aliphatic carbocycles. The molecule has 0 aliphatic rings. The van der Waals surface area contributed by atoms with E-state index in [1.54, 1.807) is 0 Å². The van der Waals surface area contributed by atoms with Crippen LogP contribution in [0.5, 0.6) is 0 Å². The second-order valence-corrected chi connectivity index (χ2v) is 31.2. The van der Waals surface area contributed by atoms with Gasteiger partial charge >= 0.3 is 33.6 Å². The predicted octanol–water partition coefficient (Wildman–Crippen LogP) is 25.4. The van der Waals surface area contributed by atoms with E-state index in [1.807, 2.05) is 0 Å². The fourth-order valence-electron chi connectivity index (χ4n) is 11.4. The first-order valence-corrected chi connectivity index (χ1v) is 45.5. The Morgan fingerprint density at radius 2 is 0.495 bits per heavy atom. The van der Waals surface area contributed by atoms with Crippen LogP contribution in [0.1, 0.15) is 355 Å². The van der Waals surface area contributed by atoms with E-state index in [1.165, 1.54) is 128 Å². The number of esters is 3. The Hall–Kier alpha value is -4.31. The molecule has 0 aliphatic heterocycles. The van der Waals surface area contributed by atoms with Crippen molar-refractivity contribution in [2.24, 2.45) is 0 Å². The SMILES string of the molecule is CC/C=C\C/C=C\C/C=C\C/C=C\C/C=C\C/C=C\CCCCCCCCCCCCCCCCC(=O)OCC(O)COP(=O)(O)OCC(O)COP(=O)(O)OCC(COC(=O)CCCCCCCCC/C=C\C/C=C\C/C=C\C/C=C\CCCCC)OC(=O)CCCCCCC/C=C\CCCCCCCC. The second-order valence-electron chi connectivity index (χ2n) is 28.2. The van der Waals surface area contributed by atoms with Gasteiger partial charge in [0.25, 0.3) is 0 Å². The van der Waals surface area contributed by atoms with Crippen molar-refractivity contribution in [1.29, 1.82) is 0 Å². The van der Waals surface area contributed by atoms with Gasteiger partial charge in [-0.1, -0.05) is 328 Å². The fourth-order valence-corrected chi connectivity index (χ4v) is 13.0. The number of ether oxygens (including phenoxy) is 3. The van der Waals surface area contributed by atoms with Gasteiger partial charge in [0.05, 0.1) is 26.4 Å². The number of carbonyl (C=O) groups excluding carboxylic acids is 3.